The Morgan fingerprint density at radius 1 is 1.30 bits per heavy atom. The number of nitrogens with zero attached hydrogens (tertiary/aromatic N) is 3. The van der Waals surface area contributed by atoms with Gasteiger partial charge in [0.25, 0.3) is 0 Å². The van der Waals surface area contributed by atoms with E-state index >= 15 is 0 Å². The maximum atomic E-state index is 5.88. The van der Waals surface area contributed by atoms with E-state index in [1.54, 1.807) is 0 Å². The van der Waals surface area contributed by atoms with Gasteiger partial charge in [0.1, 0.15) is 0 Å². The van der Waals surface area contributed by atoms with Crippen molar-refractivity contribution in [3.63, 3.8) is 0 Å². The minimum atomic E-state index is 0.0636. The Balaban J connectivity index is 1.66. The van der Waals surface area contributed by atoms with Crippen molar-refractivity contribution in [3.8, 4) is 0 Å². The zero-order chi connectivity index (χ0) is 18.6. The quantitative estimate of drug-likeness (QED) is 0.735. The number of ether oxygens (including phenoxy) is 1. The molecule has 0 saturated carbocycles. The van der Waals surface area contributed by atoms with E-state index in [1.807, 2.05) is 18.3 Å². The Morgan fingerprint density at radius 2 is 2.22 bits per heavy atom. The number of hydrogen-bond acceptors (Lipinski definition) is 3. The van der Waals surface area contributed by atoms with E-state index in [9.17, 15) is 0 Å². The summed E-state index contributed by atoms with van der Waals surface area (Å²) in [7, 11) is 0. The van der Waals surface area contributed by atoms with Crippen LogP contribution in [-0.4, -0.2) is 38.8 Å². The maximum Gasteiger partial charge on any atom is 0.170 e. The van der Waals surface area contributed by atoms with Crippen molar-refractivity contribution >= 4 is 17.3 Å². The molecule has 4 rings (SSSR count). The summed E-state index contributed by atoms with van der Waals surface area (Å²) in [6, 6.07) is 10.7. The highest BCUT2D eigenvalue weighted by Gasteiger charge is 2.40. The van der Waals surface area contributed by atoms with Crippen LogP contribution in [0.25, 0.3) is 0 Å². The second kappa shape index (κ2) is 8.40. The molecule has 2 aromatic heterocycles. The van der Waals surface area contributed by atoms with Gasteiger partial charge in [-0.25, -0.2) is 0 Å². The molecule has 2 aliphatic heterocycles. The minimum absolute atomic E-state index is 0.0636. The Labute approximate surface area is 166 Å². The summed E-state index contributed by atoms with van der Waals surface area (Å²) in [5, 5.41) is 4.37. The van der Waals surface area contributed by atoms with Gasteiger partial charge >= 0.3 is 0 Å². The maximum absolute atomic E-state index is 5.88. The number of unbranched alkanes of at least 4 members (excludes halogenated alkanes) is 1. The van der Waals surface area contributed by atoms with Gasteiger partial charge in [-0.3, -0.25) is 4.98 Å². The summed E-state index contributed by atoms with van der Waals surface area (Å²) >= 11 is 5.72. The van der Waals surface area contributed by atoms with Crippen LogP contribution in [0.15, 0.2) is 42.7 Å². The molecule has 6 heteroatoms. The molecule has 0 radical (unpaired) electrons. The molecule has 5 nitrogen and oxygen atoms in total. The van der Waals surface area contributed by atoms with E-state index < -0.39 is 0 Å². The summed E-state index contributed by atoms with van der Waals surface area (Å²) in [6.07, 6.45) is 8.92. The predicted octanol–water partition coefficient (Wildman–Crippen LogP) is 3.83. The molecule has 0 aliphatic carbocycles. The number of hydrogen-bond donors (Lipinski definition) is 1. The van der Waals surface area contributed by atoms with Crippen LogP contribution >= 0.6 is 12.2 Å². The Hall–Kier alpha value is -1.92. The molecule has 4 heterocycles. The largest absolute Gasteiger partial charge is 0.376 e. The van der Waals surface area contributed by atoms with Crippen molar-refractivity contribution in [2.24, 2.45) is 0 Å². The molecule has 2 aromatic rings. The molecular weight excluding hydrogens is 356 g/mol. The number of rotatable bonds is 7. The summed E-state index contributed by atoms with van der Waals surface area (Å²) in [6.45, 7) is 4.97. The first-order valence-corrected chi connectivity index (χ1v) is 10.4. The van der Waals surface area contributed by atoms with Gasteiger partial charge in [-0.15, -0.1) is 0 Å². The molecule has 144 valence electrons. The van der Waals surface area contributed by atoms with Crippen molar-refractivity contribution in [2.75, 3.05) is 13.2 Å². The molecule has 2 aliphatic rings. The summed E-state index contributed by atoms with van der Waals surface area (Å²) in [5.41, 5.74) is 2.32. The van der Waals surface area contributed by atoms with Crippen LogP contribution in [0, 0.1) is 0 Å². The highest BCUT2D eigenvalue weighted by molar-refractivity contribution is 7.80. The number of thiocarbonyl (C=S) groups is 1. The molecule has 27 heavy (non-hydrogen) atoms. The summed E-state index contributed by atoms with van der Waals surface area (Å²) in [4.78, 5) is 6.97. The van der Waals surface area contributed by atoms with Crippen LogP contribution in [0.4, 0.5) is 0 Å². The second-order valence-electron chi connectivity index (χ2n) is 7.39. The first-order chi connectivity index (χ1) is 13.3. The fraction of sp³-hybridized carbons (Fsp3) is 0.524. The molecule has 2 fully saturated rings. The molecule has 0 bridgehead atoms. The average molecular weight is 385 g/mol. The van der Waals surface area contributed by atoms with Crippen LogP contribution in [-0.2, 0) is 11.3 Å². The van der Waals surface area contributed by atoms with Gasteiger partial charge in [-0.1, -0.05) is 19.4 Å². The molecular formula is C21H28N4OS. The minimum Gasteiger partial charge on any atom is -0.376 e. The standard InChI is InChI=1S/C21H28N4OS/c1-2-3-13-25-20(19(23-21(25)27)17-9-4-5-11-22-17)18-10-6-12-24(18)15-16-8-7-14-26-16/h4-6,9-12,16,19-20H,2-3,7-8,13-15H2,1H3,(H,23,27)/t16-,19+,20+/m0/s1. The van der Waals surface area contributed by atoms with Gasteiger partial charge < -0.3 is 19.5 Å². The fourth-order valence-corrected chi connectivity index (χ4v) is 4.50. The number of nitrogens with one attached hydrogen (secondary N) is 1. The zero-order valence-corrected chi connectivity index (χ0v) is 16.7. The molecule has 0 spiro atoms. The lowest BCUT2D eigenvalue weighted by Gasteiger charge is -2.29. The lowest BCUT2D eigenvalue weighted by atomic mass is 10.0. The van der Waals surface area contributed by atoms with Crippen LogP contribution in [0.1, 0.15) is 56.1 Å². The van der Waals surface area contributed by atoms with Crippen LogP contribution < -0.4 is 5.32 Å². The lowest BCUT2D eigenvalue weighted by Crippen LogP contribution is -2.32. The molecule has 2 saturated heterocycles. The van der Waals surface area contributed by atoms with E-state index in [0.29, 0.717) is 6.10 Å². The van der Waals surface area contributed by atoms with Crippen molar-refractivity contribution < 1.29 is 4.74 Å². The van der Waals surface area contributed by atoms with Crippen molar-refractivity contribution in [1.82, 2.24) is 19.8 Å². The first kappa shape index (κ1) is 18.4. The predicted molar refractivity (Wildman–Crippen MR) is 110 cm³/mol. The van der Waals surface area contributed by atoms with Crippen LogP contribution in [0.3, 0.4) is 0 Å². The third kappa shape index (κ3) is 3.87. The monoisotopic (exact) mass is 384 g/mol. The highest BCUT2D eigenvalue weighted by atomic mass is 32.1. The smallest absolute Gasteiger partial charge is 0.170 e. The van der Waals surface area contributed by atoms with Crippen molar-refractivity contribution in [2.45, 2.75) is 57.3 Å². The van der Waals surface area contributed by atoms with E-state index in [0.717, 1.165) is 56.2 Å². The summed E-state index contributed by atoms with van der Waals surface area (Å²) < 4.78 is 8.23. The van der Waals surface area contributed by atoms with Gasteiger partial charge in [0.15, 0.2) is 5.11 Å². The van der Waals surface area contributed by atoms with E-state index in [1.165, 1.54) is 5.69 Å². The Morgan fingerprint density at radius 3 is 2.96 bits per heavy atom. The molecule has 3 atom stereocenters. The molecule has 1 N–H and O–H groups in total. The third-order valence-electron chi connectivity index (χ3n) is 5.54. The fourth-order valence-electron chi connectivity index (χ4n) is 4.17. The van der Waals surface area contributed by atoms with Gasteiger partial charge in [-0.2, -0.15) is 0 Å². The van der Waals surface area contributed by atoms with E-state index in [-0.39, 0.29) is 12.1 Å². The SMILES string of the molecule is CCCCN1C(=S)N[C@H](c2ccccn2)[C@H]1c1cccn1C[C@@H]1CCCO1. The van der Waals surface area contributed by atoms with Crippen LogP contribution in [0.5, 0.6) is 0 Å². The van der Waals surface area contributed by atoms with Gasteiger partial charge in [0.05, 0.1) is 23.9 Å². The first-order valence-electron chi connectivity index (χ1n) is 10.0. The second-order valence-corrected chi connectivity index (χ2v) is 7.78. The van der Waals surface area contributed by atoms with E-state index in [4.69, 9.17) is 17.0 Å². The van der Waals surface area contributed by atoms with Gasteiger partial charge in [0, 0.05) is 37.8 Å². The number of aromatic nitrogens is 2. The topological polar surface area (TPSA) is 42.3 Å². The number of pyridine rings is 1. The van der Waals surface area contributed by atoms with Crippen molar-refractivity contribution in [3.05, 3.63) is 54.1 Å². The van der Waals surface area contributed by atoms with Crippen molar-refractivity contribution in [1.29, 1.82) is 0 Å². The highest BCUT2D eigenvalue weighted by Crippen LogP contribution is 2.39. The lowest BCUT2D eigenvalue weighted by molar-refractivity contribution is 0.0953. The summed E-state index contributed by atoms with van der Waals surface area (Å²) in [5.74, 6) is 0. The van der Waals surface area contributed by atoms with Gasteiger partial charge in [-0.05, 0) is 55.7 Å². The zero-order valence-electron chi connectivity index (χ0n) is 15.9. The Kier molecular flexibility index (Phi) is 5.74. The van der Waals surface area contributed by atoms with E-state index in [2.05, 4.69) is 51.1 Å². The van der Waals surface area contributed by atoms with Gasteiger partial charge in [0.2, 0.25) is 0 Å². The molecule has 0 aromatic carbocycles. The molecule has 0 unspecified atom stereocenters. The Bertz CT molecular complexity index is 757. The normalized spacial score (nSPS) is 25.1. The van der Waals surface area contributed by atoms with Crippen LogP contribution in [0.2, 0.25) is 0 Å². The molecule has 0 amide bonds. The third-order valence-corrected chi connectivity index (χ3v) is 5.89. The average Bonchev–Trinajstić information content (AvgIpc) is 3.42.